The minimum atomic E-state index is -0.498. The van der Waals surface area contributed by atoms with E-state index in [1.165, 1.54) is 5.57 Å². The van der Waals surface area contributed by atoms with Gasteiger partial charge in [0, 0.05) is 24.4 Å². The number of allylic oxidation sites excluding steroid dienone is 1. The number of ketones is 1. The van der Waals surface area contributed by atoms with Crippen LogP contribution in [0.15, 0.2) is 11.6 Å². The van der Waals surface area contributed by atoms with Gasteiger partial charge in [-0.05, 0) is 42.9 Å². The van der Waals surface area contributed by atoms with E-state index in [1.807, 2.05) is 0 Å². The van der Waals surface area contributed by atoms with E-state index in [0.717, 1.165) is 12.8 Å². The molecule has 0 spiro atoms. The highest BCUT2D eigenvalue weighted by Gasteiger charge is 2.58. The van der Waals surface area contributed by atoms with Crippen molar-refractivity contribution < 1.29 is 15.0 Å². The van der Waals surface area contributed by atoms with E-state index < -0.39 is 5.41 Å². The Hall–Kier alpha value is -0.670. The van der Waals surface area contributed by atoms with Crippen LogP contribution in [0.25, 0.3) is 0 Å². The first-order valence-corrected chi connectivity index (χ1v) is 9.70. The quantitative estimate of drug-likeness (QED) is 0.750. The molecule has 0 aromatic heterocycles. The van der Waals surface area contributed by atoms with Gasteiger partial charge in [0.15, 0.2) is 0 Å². The molecule has 2 rings (SSSR count). The number of aliphatic hydroxyl groups excluding tert-OH is 2. The molecule has 0 aromatic carbocycles. The summed E-state index contributed by atoms with van der Waals surface area (Å²) in [6.07, 6.45) is 4.11. The van der Waals surface area contributed by atoms with Gasteiger partial charge in [-0.15, -0.1) is 0 Å². The third kappa shape index (κ3) is 2.99. The van der Waals surface area contributed by atoms with Crippen molar-refractivity contribution in [2.45, 2.75) is 66.9 Å². The topological polar surface area (TPSA) is 57.5 Å². The molecule has 3 nitrogen and oxygen atoms in total. The van der Waals surface area contributed by atoms with Crippen molar-refractivity contribution in [2.24, 2.45) is 40.9 Å². The van der Waals surface area contributed by atoms with Crippen LogP contribution in [0.5, 0.6) is 0 Å². The largest absolute Gasteiger partial charge is 0.396 e. The third-order valence-corrected chi connectivity index (χ3v) is 7.19. The average Bonchev–Trinajstić information content (AvgIpc) is 2.51. The summed E-state index contributed by atoms with van der Waals surface area (Å²) in [4.78, 5) is 13.2. The Kier molecular flexibility index (Phi) is 5.97. The highest BCUT2D eigenvalue weighted by molar-refractivity contribution is 5.86. The average molecular weight is 337 g/mol. The van der Waals surface area contributed by atoms with E-state index in [0.29, 0.717) is 11.8 Å². The van der Waals surface area contributed by atoms with Crippen molar-refractivity contribution in [1.82, 2.24) is 0 Å². The zero-order chi connectivity index (χ0) is 18.2. The summed E-state index contributed by atoms with van der Waals surface area (Å²) >= 11 is 0. The zero-order valence-electron chi connectivity index (χ0n) is 16.2. The lowest BCUT2D eigenvalue weighted by Crippen LogP contribution is -2.57. The molecule has 8 unspecified atom stereocenters. The van der Waals surface area contributed by atoms with Crippen molar-refractivity contribution in [1.29, 1.82) is 0 Å². The molecular weight excluding hydrogens is 300 g/mol. The number of rotatable bonds is 5. The minimum absolute atomic E-state index is 0.0525. The number of hydrogen-bond acceptors (Lipinski definition) is 3. The van der Waals surface area contributed by atoms with Crippen molar-refractivity contribution in [3.05, 3.63) is 11.6 Å². The summed E-state index contributed by atoms with van der Waals surface area (Å²) in [5.74, 6) is 1.66. The lowest BCUT2D eigenvalue weighted by Gasteiger charge is -2.57. The number of fused-ring (bicyclic) bond motifs is 1. The standard InChI is InChI=1S/C21H36O3/c1-7-12(2)18-14(4)11-16-19(13(3)10-15(5)20(16)24)21(18,6)17(23)8-9-22/h11-13,15-16,18-20,22,24H,7-10H2,1-6H3. The lowest BCUT2D eigenvalue weighted by atomic mass is 9.47. The molecule has 2 aliphatic carbocycles. The predicted molar refractivity (Wildman–Crippen MR) is 97.5 cm³/mol. The van der Waals surface area contributed by atoms with E-state index >= 15 is 0 Å². The van der Waals surface area contributed by atoms with E-state index in [4.69, 9.17) is 0 Å². The van der Waals surface area contributed by atoms with Crippen LogP contribution >= 0.6 is 0 Å². The van der Waals surface area contributed by atoms with Crippen LogP contribution < -0.4 is 0 Å². The van der Waals surface area contributed by atoms with E-state index in [2.05, 4.69) is 47.6 Å². The van der Waals surface area contributed by atoms with Gasteiger partial charge in [0.2, 0.25) is 0 Å². The third-order valence-electron chi connectivity index (χ3n) is 7.19. The summed E-state index contributed by atoms with van der Waals surface area (Å²) in [7, 11) is 0. The van der Waals surface area contributed by atoms with Crippen LogP contribution in [0, 0.1) is 40.9 Å². The Bertz CT molecular complexity index is 497. The molecule has 0 aromatic rings. The molecule has 138 valence electrons. The number of Topliss-reactive ketones (excluding diaryl/α,β-unsaturated/α-hetero) is 1. The molecule has 1 fully saturated rings. The molecule has 2 N–H and O–H groups in total. The summed E-state index contributed by atoms with van der Waals surface area (Å²) in [6.45, 7) is 12.9. The molecule has 2 aliphatic rings. The Morgan fingerprint density at radius 1 is 1.38 bits per heavy atom. The monoisotopic (exact) mass is 336 g/mol. The molecule has 3 heteroatoms. The van der Waals surface area contributed by atoms with Crippen LogP contribution in [0.3, 0.4) is 0 Å². The Morgan fingerprint density at radius 2 is 2.00 bits per heavy atom. The van der Waals surface area contributed by atoms with Gasteiger partial charge < -0.3 is 10.2 Å². The van der Waals surface area contributed by atoms with Gasteiger partial charge >= 0.3 is 0 Å². The Balaban J connectivity index is 2.59. The van der Waals surface area contributed by atoms with Crippen LogP contribution in [0.4, 0.5) is 0 Å². The first kappa shape index (κ1) is 19.7. The molecule has 0 bridgehead atoms. The highest BCUT2D eigenvalue weighted by Crippen LogP contribution is 2.58. The zero-order valence-corrected chi connectivity index (χ0v) is 16.2. The van der Waals surface area contributed by atoms with E-state index in [9.17, 15) is 15.0 Å². The smallest absolute Gasteiger partial charge is 0.141 e. The number of aliphatic hydroxyl groups is 2. The summed E-state index contributed by atoms with van der Waals surface area (Å²) < 4.78 is 0. The van der Waals surface area contributed by atoms with Gasteiger partial charge in [0.05, 0.1) is 6.10 Å². The molecule has 1 saturated carbocycles. The van der Waals surface area contributed by atoms with Crippen LogP contribution in [0.1, 0.15) is 60.8 Å². The van der Waals surface area contributed by atoms with E-state index in [-0.39, 0.29) is 48.6 Å². The number of hydrogen-bond donors (Lipinski definition) is 2. The fourth-order valence-electron chi connectivity index (χ4n) is 6.13. The maximum atomic E-state index is 13.2. The second kappa shape index (κ2) is 7.29. The second-order valence-electron chi connectivity index (χ2n) is 8.74. The molecular formula is C21H36O3. The van der Waals surface area contributed by atoms with Gasteiger partial charge in [-0.2, -0.15) is 0 Å². The number of carbonyl (C=O) groups is 1. The fraction of sp³-hybridized carbons (Fsp3) is 0.857. The molecule has 0 aliphatic heterocycles. The molecule has 0 amide bonds. The van der Waals surface area contributed by atoms with Gasteiger partial charge in [0.25, 0.3) is 0 Å². The molecule has 24 heavy (non-hydrogen) atoms. The van der Waals surface area contributed by atoms with Gasteiger partial charge in [-0.1, -0.05) is 52.7 Å². The second-order valence-corrected chi connectivity index (χ2v) is 8.74. The molecule has 0 radical (unpaired) electrons. The van der Waals surface area contributed by atoms with Crippen LogP contribution in [0.2, 0.25) is 0 Å². The van der Waals surface area contributed by atoms with Gasteiger partial charge in [-0.25, -0.2) is 0 Å². The summed E-state index contributed by atoms with van der Waals surface area (Å²) in [5, 5.41) is 20.2. The molecule has 8 atom stereocenters. The Morgan fingerprint density at radius 3 is 2.54 bits per heavy atom. The van der Waals surface area contributed by atoms with E-state index in [1.54, 1.807) is 0 Å². The first-order chi connectivity index (χ1) is 11.2. The predicted octanol–water partition coefficient (Wildman–Crippen LogP) is 3.84. The first-order valence-electron chi connectivity index (χ1n) is 9.70. The van der Waals surface area contributed by atoms with Crippen LogP contribution in [-0.4, -0.2) is 28.7 Å². The molecule has 0 saturated heterocycles. The van der Waals surface area contributed by atoms with Crippen molar-refractivity contribution in [2.75, 3.05) is 6.61 Å². The maximum absolute atomic E-state index is 13.2. The van der Waals surface area contributed by atoms with Crippen molar-refractivity contribution in [3.8, 4) is 0 Å². The minimum Gasteiger partial charge on any atom is -0.396 e. The summed E-state index contributed by atoms with van der Waals surface area (Å²) in [5.41, 5.74) is 0.752. The van der Waals surface area contributed by atoms with Crippen molar-refractivity contribution >= 4 is 5.78 Å². The normalized spacial score (nSPS) is 43.8. The lowest BCUT2D eigenvalue weighted by molar-refractivity contribution is -0.149. The highest BCUT2D eigenvalue weighted by atomic mass is 16.3. The maximum Gasteiger partial charge on any atom is 0.141 e. The van der Waals surface area contributed by atoms with Crippen LogP contribution in [-0.2, 0) is 4.79 Å². The van der Waals surface area contributed by atoms with Gasteiger partial charge in [0.1, 0.15) is 5.78 Å². The van der Waals surface area contributed by atoms with Crippen molar-refractivity contribution in [3.63, 3.8) is 0 Å². The number of carbonyl (C=O) groups excluding carboxylic acids is 1. The SMILES string of the molecule is CCC(C)C1C(C)=CC2C(O)C(C)CC(C)C2C1(C)C(=O)CCO. The molecule has 0 heterocycles. The fourth-order valence-corrected chi connectivity index (χ4v) is 6.13. The Labute approximate surface area is 147 Å². The summed E-state index contributed by atoms with van der Waals surface area (Å²) in [6, 6.07) is 0. The van der Waals surface area contributed by atoms with Gasteiger partial charge in [-0.3, -0.25) is 4.79 Å².